The van der Waals surface area contributed by atoms with Crippen molar-refractivity contribution < 1.29 is 23.9 Å². The van der Waals surface area contributed by atoms with Gasteiger partial charge in [-0.3, -0.25) is 14.9 Å². The molecule has 1 atom stereocenters. The smallest absolute Gasteiger partial charge is 0.296 e. The van der Waals surface area contributed by atoms with E-state index in [-0.39, 0.29) is 17.1 Å². The van der Waals surface area contributed by atoms with E-state index < -0.39 is 16.9 Å². The molecule has 0 aliphatic rings. The monoisotopic (exact) mass is 371 g/mol. The number of carbonyl (C=O) groups is 1. The van der Waals surface area contributed by atoms with Crippen molar-refractivity contribution in [3.05, 3.63) is 52.1 Å². The van der Waals surface area contributed by atoms with Gasteiger partial charge in [0.1, 0.15) is 11.4 Å². The van der Waals surface area contributed by atoms with Crippen LogP contribution < -0.4 is 19.5 Å². The highest BCUT2D eigenvalue weighted by Crippen LogP contribution is 2.31. The number of nitrogens with one attached hydrogen (secondary N) is 1. The lowest BCUT2D eigenvalue weighted by molar-refractivity contribution is -0.384. The molecule has 0 aliphatic heterocycles. The van der Waals surface area contributed by atoms with Crippen LogP contribution in [-0.2, 0) is 4.79 Å². The van der Waals surface area contributed by atoms with E-state index in [0.29, 0.717) is 17.1 Å². The van der Waals surface area contributed by atoms with Crippen LogP contribution in [0.15, 0.2) is 36.4 Å². The third-order valence-electron chi connectivity index (χ3n) is 3.63. The highest BCUT2D eigenvalue weighted by Gasteiger charge is 2.22. The molecule has 9 heteroatoms. The minimum Gasteiger partial charge on any atom is -0.496 e. The molecule has 27 heavy (non-hydrogen) atoms. The van der Waals surface area contributed by atoms with E-state index >= 15 is 0 Å². The van der Waals surface area contributed by atoms with Crippen LogP contribution in [0.2, 0.25) is 0 Å². The molecule has 0 unspecified atom stereocenters. The zero-order chi connectivity index (χ0) is 20.0. The highest BCUT2D eigenvalue weighted by molar-refractivity contribution is 5.96. The molecule has 0 aliphatic carbocycles. The molecular weight excluding hydrogens is 354 g/mol. The number of anilines is 1. The summed E-state index contributed by atoms with van der Waals surface area (Å²) in [5.41, 5.74) is 0.101. The lowest BCUT2D eigenvalue weighted by Crippen LogP contribution is -2.30. The van der Waals surface area contributed by atoms with Crippen LogP contribution in [0.25, 0.3) is 0 Å². The first-order valence-electron chi connectivity index (χ1n) is 7.77. The summed E-state index contributed by atoms with van der Waals surface area (Å²) >= 11 is 0. The number of benzene rings is 2. The molecule has 0 heterocycles. The maximum absolute atomic E-state index is 12.4. The van der Waals surface area contributed by atoms with E-state index in [1.54, 1.807) is 0 Å². The summed E-state index contributed by atoms with van der Waals surface area (Å²) < 4.78 is 15.7. The van der Waals surface area contributed by atoms with Crippen LogP contribution in [0.5, 0.6) is 17.2 Å². The van der Waals surface area contributed by atoms with E-state index in [0.717, 1.165) is 0 Å². The standard InChI is InChI=1S/C18H17N3O6/c1-11(27-16-7-4-12(10-19)8-17(16)26-3)18(22)20-14-6-5-13(25-2)9-15(14)21(23)24/h4-9,11H,1-3H3,(H,20,22)/t11-/m0/s1. The van der Waals surface area contributed by atoms with Crippen LogP contribution in [-0.4, -0.2) is 31.2 Å². The first kappa shape index (κ1) is 19.5. The van der Waals surface area contributed by atoms with Crippen molar-refractivity contribution in [2.24, 2.45) is 0 Å². The molecule has 0 saturated carbocycles. The Morgan fingerprint density at radius 3 is 2.52 bits per heavy atom. The number of nitriles is 1. The summed E-state index contributed by atoms with van der Waals surface area (Å²) in [5.74, 6) is 0.272. The van der Waals surface area contributed by atoms with Gasteiger partial charge >= 0.3 is 0 Å². The largest absolute Gasteiger partial charge is 0.496 e. The molecule has 0 spiro atoms. The van der Waals surface area contributed by atoms with Gasteiger partial charge in [-0.2, -0.15) is 5.26 Å². The van der Waals surface area contributed by atoms with Gasteiger partial charge in [0.2, 0.25) is 0 Å². The van der Waals surface area contributed by atoms with Gasteiger partial charge in [0.05, 0.1) is 36.8 Å². The van der Waals surface area contributed by atoms with Crippen LogP contribution in [0.3, 0.4) is 0 Å². The Hall–Kier alpha value is -3.80. The maximum Gasteiger partial charge on any atom is 0.296 e. The van der Waals surface area contributed by atoms with E-state index in [1.807, 2.05) is 6.07 Å². The third kappa shape index (κ3) is 4.64. The number of amides is 1. The average Bonchev–Trinajstić information content (AvgIpc) is 2.68. The molecule has 2 rings (SSSR count). The van der Waals surface area contributed by atoms with Gasteiger partial charge < -0.3 is 19.5 Å². The number of ether oxygens (including phenoxy) is 3. The van der Waals surface area contributed by atoms with Crippen LogP contribution in [0, 0.1) is 21.4 Å². The van der Waals surface area contributed by atoms with Crippen LogP contribution in [0.4, 0.5) is 11.4 Å². The predicted molar refractivity (Wildman–Crippen MR) is 96.1 cm³/mol. The van der Waals surface area contributed by atoms with Crippen molar-refractivity contribution in [2.45, 2.75) is 13.0 Å². The molecule has 0 aromatic heterocycles. The number of nitro groups is 1. The Labute approximate surface area is 155 Å². The average molecular weight is 371 g/mol. The van der Waals surface area contributed by atoms with E-state index in [9.17, 15) is 14.9 Å². The lowest BCUT2D eigenvalue weighted by atomic mass is 10.2. The molecule has 140 valence electrons. The Balaban J connectivity index is 2.17. The quantitative estimate of drug-likeness (QED) is 0.586. The molecule has 2 aromatic rings. The Kier molecular flexibility index (Phi) is 6.17. The number of hydrogen-bond donors (Lipinski definition) is 1. The Morgan fingerprint density at radius 2 is 1.93 bits per heavy atom. The van der Waals surface area contributed by atoms with Gasteiger partial charge in [-0.05, 0) is 31.2 Å². The van der Waals surface area contributed by atoms with Crippen molar-refractivity contribution in [1.29, 1.82) is 5.26 Å². The fraction of sp³-hybridized carbons (Fsp3) is 0.222. The fourth-order valence-electron chi connectivity index (χ4n) is 2.21. The topological polar surface area (TPSA) is 124 Å². The van der Waals surface area contributed by atoms with Gasteiger partial charge in [-0.25, -0.2) is 0 Å². The zero-order valence-electron chi connectivity index (χ0n) is 14.9. The second-order valence-electron chi connectivity index (χ2n) is 5.37. The first-order valence-corrected chi connectivity index (χ1v) is 7.77. The lowest BCUT2D eigenvalue weighted by Gasteiger charge is -2.17. The predicted octanol–water partition coefficient (Wildman–Crippen LogP) is 2.89. The van der Waals surface area contributed by atoms with Gasteiger partial charge in [0.25, 0.3) is 11.6 Å². The SMILES string of the molecule is COc1ccc(NC(=O)[C@H](C)Oc2ccc(C#N)cc2OC)c([N+](=O)[O-])c1. The maximum atomic E-state index is 12.4. The normalized spacial score (nSPS) is 11.0. The minimum absolute atomic E-state index is 0.0213. The minimum atomic E-state index is -0.978. The molecule has 9 nitrogen and oxygen atoms in total. The van der Waals surface area contributed by atoms with Crippen molar-refractivity contribution >= 4 is 17.3 Å². The summed E-state index contributed by atoms with van der Waals surface area (Å²) in [7, 11) is 2.80. The van der Waals surface area contributed by atoms with Gasteiger partial charge in [-0.1, -0.05) is 0 Å². The van der Waals surface area contributed by atoms with Crippen LogP contribution >= 0.6 is 0 Å². The van der Waals surface area contributed by atoms with Gasteiger partial charge in [-0.15, -0.1) is 0 Å². The fourth-order valence-corrected chi connectivity index (χ4v) is 2.21. The molecule has 1 amide bonds. The van der Waals surface area contributed by atoms with Crippen molar-refractivity contribution in [3.63, 3.8) is 0 Å². The summed E-state index contributed by atoms with van der Waals surface area (Å²) in [5, 5.41) is 22.6. The molecule has 0 fully saturated rings. The van der Waals surface area contributed by atoms with Crippen molar-refractivity contribution in [2.75, 3.05) is 19.5 Å². The number of hydrogen-bond acceptors (Lipinski definition) is 7. The second kappa shape index (κ2) is 8.53. The van der Waals surface area contributed by atoms with E-state index in [4.69, 9.17) is 19.5 Å². The Bertz CT molecular complexity index is 906. The van der Waals surface area contributed by atoms with Crippen LogP contribution in [0.1, 0.15) is 12.5 Å². The molecule has 0 saturated heterocycles. The highest BCUT2D eigenvalue weighted by atomic mass is 16.6. The number of nitro benzene ring substituents is 1. The summed E-state index contributed by atoms with van der Waals surface area (Å²) in [6, 6.07) is 10.6. The first-order chi connectivity index (χ1) is 12.9. The number of methoxy groups -OCH3 is 2. The van der Waals surface area contributed by atoms with E-state index in [1.165, 1.54) is 57.5 Å². The van der Waals surface area contributed by atoms with Gasteiger partial charge in [0.15, 0.2) is 17.6 Å². The number of carbonyl (C=O) groups excluding carboxylic acids is 1. The summed E-state index contributed by atoms with van der Waals surface area (Å²) in [4.78, 5) is 23.0. The van der Waals surface area contributed by atoms with Crippen molar-refractivity contribution in [1.82, 2.24) is 0 Å². The Morgan fingerprint density at radius 1 is 1.19 bits per heavy atom. The zero-order valence-corrected chi connectivity index (χ0v) is 14.9. The number of nitrogens with zero attached hydrogens (tertiary/aromatic N) is 2. The molecular formula is C18H17N3O6. The van der Waals surface area contributed by atoms with Crippen molar-refractivity contribution in [3.8, 4) is 23.3 Å². The second-order valence-corrected chi connectivity index (χ2v) is 5.37. The summed E-state index contributed by atoms with van der Waals surface area (Å²) in [6.07, 6.45) is -0.978. The number of rotatable bonds is 7. The molecule has 0 radical (unpaired) electrons. The van der Waals surface area contributed by atoms with E-state index in [2.05, 4.69) is 5.32 Å². The molecule has 2 aromatic carbocycles. The summed E-state index contributed by atoms with van der Waals surface area (Å²) in [6.45, 7) is 1.49. The third-order valence-corrected chi connectivity index (χ3v) is 3.63. The molecule has 1 N–H and O–H groups in total. The van der Waals surface area contributed by atoms with Gasteiger partial charge in [0, 0.05) is 6.07 Å². The molecule has 0 bridgehead atoms.